The molecule has 0 spiro atoms. The van der Waals surface area contributed by atoms with Gasteiger partial charge in [0.15, 0.2) is 0 Å². The number of carbonyl (C=O) groups is 3. The highest BCUT2D eigenvalue weighted by molar-refractivity contribution is 9.10. The topological polar surface area (TPSA) is 495 Å². The lowest BCUT2D eigenvalue weighted by Gasteiger charge is -2.06. The summed E-state index contributed by atoms with van der Waals surface area (Å²) >= 11 is 3.17. The van der Waals surface area contributed by atoms with Crippen LogP contribution in [-0.2, 0) is 10.4 Å². The SMILES string of the molecule is COc1cc(N)c(C(=O)O)cc1Br.COc1ccc(C#N)c([N+](=O)[O-])c1.COc1ccc(C(=O)O)c(N)c1.COc1ccc(C(=O)O)c([N+](=O)[O-])c1.COc1ccc(N)c([N+](=O)[O-])c1.O.O=S(=O)(O)O. The van der Waals surface area contributed by atoms with E-state index in [1.165, 1.54) is 96.2 Å². The Morgan fingerprint density at radius 1 is 0.557 bits per heavy atom. The Morgan fingerprint density at radius 2 is 0.914 bits per heavy atom. The van der Waals surface area contributed by atoms with E-state index >= 15 is 0 Å². The van der Waals surface area contributed by atoms with Crippen LogP contribution < -0.4 is 40.9 Å². The number of nitro benzene ring substituents is 3. The number of carboxylic acids is 3. The number of hydrogen-bond acceptors (Lipinski definition) is 20. The van der Waals surface area contributed by atoms with Gasteiger partial charge in [-0.15, -0.1) is 0 Å². The normalized spacial score (nSPS) is 9.41. The van der Waals surface area contributed by atoms with E-state index in [0.717, 1.165) is 12.1 Å². The number of benzene rings is 5. The molecule has 378 valence electrons. The van der Waals surface area contributed by atoms with Gasteiger partial charge in [-0.25, -0.2) is 14.4 Å². The van der Waals surface area contributed by atoms with Gasteiger partial charge >= 0.3 is 28.3 Å². The van der Waals surface area contributed by atoms with Crippen LogP contribution in [0.4, 0.5) is 34.1 Å². The molecule has 0 heterocycles. The molecule has 0 atom stereocenters. The highest BCUT2D eigenvalue weighted by Crippen LogP contribution is 2.30. The Morgan fingerprint density at radius 3 is 1.29 bits per heavy atom. The number of methoxy groups -OCH3 is 5. The summed E-state index contributed by atoms with van der Waals surface area (Å²) < 4.78 is 56.3. The third-order valence-electron chi connectivity index (χ3n) is 7.63. The Balaban J connectivity index is 0. The summed E-state index contributed by atoms with van der Waals surface area (Å²) in [6.45, 7) is 0. The van der Waals surface area contributed by atoms with E-state index in [0.29, 0.717) is 27.5 Å². The predicted molar refractivity (Wildman–Crippen MR) is 249 cm³/mol. The molecule has 0 aliphatic carbocycles. The second-order valence-electron chi connectivity index (χ2n) is 12.0. The highest BCUT2D eigenvalue weighted by Gasteiger charge is 2.20. The number of aromatic carboxylic acids is 3. The first-order valence-corrected chi connectivity index (χ1v) is 19.9. The second-order valence-corrected chi connectivity index (χ2v) is 13.7. The minimum absolute atomic E-state index is 0. The molecule has 0 aromatic heterocycles. The average molecular weight is 1070 g/mol. The number of nitriles is 1. The van der Waals surface area contributed by atoms with E-state index < -0.39 is 48.8 Å². The Bertz CT molecular complexity index is 2800. The number of ether oxygens (including phenoxy) is 5. The molecule has 0 radical (unpaired) electrons. The summed E-state index contributed by atoms with van der Waals surface area (Å²) in [5, 5.41) is 65.8. The van der Waals surface area contributed by atoms with Gasteiger partial charge in [-0.3, -0.25) is 39.4 Å². The predicted octanol–water partition coefficient (Wildman–Crippen LogP) is 5.20. The van der Waals surface area contributed by atoms with Gasteiger partial charge in [-0.05, 0) is 70.5 Å². The number of carboxylic acid groups (broad SMARTS) is 3. The van der Waals surface area contributed by atoms with E-state index in [2.05, 4.69) is 15.9 Å². The molecule has 0 amide bonds. The molecule has 0 aliphatic heterocycles. The summed E-state index contributed by atoms with van der Waals surface area (Å²) in [6.07, 6.45) is 0. The molecule has 13 N–H and O–H groups in total. The summed E-state index contributed by atoms with van der Waals surface area (Å²) in [7, 11) is 2.51. The number of nitrogens with zero attached hydrogens (tertiary/aromatic N) is 4. The van der Waals surface area contributed by atoms with Gasteiger partial charge in [0.25, 0.3) is 17.1 Å². The van der Waals surface area contributed by atoms with Crippen molar-refractivity contribution >= 4 is 78.4 Å². The molecule has 0 fully saturated rings. The van der Waals surface area contributed by atoms with Crippen LogP contribution in [-0.4, -0.2) is 107 Å². The molecule has 5 rings (SSSR count). The third kappa shape index (κ3) is 21.9. The maximum atomic E-state index is 10.6. The van der Waals surface area contributed by atoms with Crippen LogP contribution in [0, 0.1) is 41.7 Å². The molecule has 0 saturated carbocycles. The minimum atomic E-state index is -4.67. The number of halogens is 1. The van der Waals surface area contributed by atoms with Crippen molar-refractivity contribution in [3.8, 4) is 34.8 Å². The van der Waals surface area contributed by atoms with Crippen molar-refractivity contribution in [1.82, 2.24) is 0 Å². The standard InChI is InChI=1S/C8H8BrNO3.C8H6N2O3.C8H7NO5.C8H9NO3.C7H8N2O3.H2O4S.H2O/c1-13-7-3-6(10)4(8(11)12)2-5(7)9;1-13-7-3-2-6(5-9)8(4-7)10(11)12;1-14-5-2-3-6(8(10)11)7(4-5)9(12)13;1-12-5-2-3-6(8(10)11)7(9)4-5;1-12-5-2-3-6(8)7(4-5)9(10)11;1-5(2,3)4;/h2-3H,10H2,1H3,(H,11,12);2-4H,1H3;2-4H,1H3,(H,10,11);2-4H,9H2,1H3,(H,10,11);2-4H,8H2,1H3;(H2,1,2,3,4);1H2. The lowest BCUT2D eigenvalue weighted by Crippen LogP contribution is -2.02. The van der Waals surface area contributed by atoms with E-state index in [4.69, 9.17) is 79.0 Å². The molecule has 70 heavy (non-hydrogen) atoms. The molecule has 29 nitrogen and oxygen atoms in total. The van der Waals surface area contributed by atoms with Crippen molar-refractivity contribution < 1.29 is 91.2 Å². The van der Waals surface area contributed by atoms with Gasteiger partial charge in [0, 0.05) is 23.5 Å². The first-order chi connectivity index (χ1) is 32.1. The molecule has 0 bridgehead atoms. The summed E-state index contributed by atoms with van der Waals surface area (Å²) in [4.78, 5) is 61.1. The summed E-state index contributed by atoms with van der Waals surface area (Å²) in [5.41, 5.74) is 15.8. The molecular formula is C39H42BrN7O22S. The number of nitrogen functional groups attached to an aromatic ring is 3. The van der Waals surface area contributed by atoms with Gasteiger partial charge in [-0.1, -0.05) is 0 Å². The minimum Gasteiger partial charge on any atom is -0.497 e. The Hall–Kier alpha value is -9.09. The van der Waals surface area contributed by atoms with Gasteiger partial charge in [0.05, 0.1) is 84.1 Å². The maximum absolute atomic E-state index is 10.6. The molecule has 5 aromatic rings. The molecule has 0 saturated heterocycles. The zero-order valence-electron chi connectivity index (χ0n) is 36.7. The number of anilines is 3. The number of rotatable bonds is 11. The van der Waals surface area contributed by atoms with Crippen molar-refractivity contribution in [2.45, 2.75) is 0 Å². The smallest absolute Gasteiger partial charge is 0.394 e. The number of hydrogen-bond donors (Lipinski definition) is 8. The highest BCUT2D eigenvalue weighted by atomic mass is 79.9. The molecule has 0 aliphatic rings. The third-order valence-corrected chi connectivity index (χ3v) is 8.25. The summed E-state index contributed by atoms with van der Waals surface area (Å²) in [6, 6.07) is 21.0. The maximum Gasteiger partial charge on any atom is 0.394 e. The molecule has 0 unspecified atom stereocenters. The molecular weight excluding hydrogens is 1030 g/mol. The largest absolute Gasteiger partial charge is 0.497 e. The van der Waals surface area contributed by atoms with Crippen LogP contribution >= 0.6 is 15.9 Å². The molecule has 31 heteroatoms. The fourth-order valence-electron chi connectivity index (χ4n) is 4.44. The van der Waals surface area contributed by atoms with Crippen molar-refractivity contribution in [2.24, 2.45) is 0 Å². The first-order valence-electron chi connectivity index (χ1n) is 17.7. The van der Waals surface area contributed by atoms with E-state index in [1.807, 2.05) is 0 Å². The van der Waals surface area contributed by atoms with Crippen molar-refractivity contribution in [2.75, 3.05) is 52.7 Å². The van der Waals surface area contributed by atoms with Crippen LogP contribution in [0.5, 0.6) is 28.7 Å². The van der Waals surface area contributed by atoms with E-state index in [1.54, 1.807) is 18.2 Å². The van der Waals surface area contributed by atoms with Crippen LogP contribution in [0.3, 0.4) is 0 Å². The number of nitrogens with two attached hydrogens (primary N) is 3. The fraction of sp³-hybridized carbons (Fsp3) is 0.128. The van der Waals surface area contributed by atoms with Gasteiger partial charge < -0.3 is 61.7 Å². The van der Waals surface area contributed by atoms with Gasteiger partial charge in [0.2, 0.25) is 0 Å². The molecule has 5 aromatic carbocycles. The van der Waals surface area contributed by atoms with Gasteiger partial charge in [-0.2, -0.15) is 13.7 Å². The fourth-order valence-corrected chi connectivity index (χ4v) is 4.94. The van der Waals surface area contributed by atoms with Crippen molar-refractivity contribution in [1.29, 1.82) is 5.26 Å². The van der Waals surface area contributed by atoms with Gasteiger partial charge in [0.1, 0.15) is 51.6 Å². The zero-order valence-corrected chi connectivity index (χ0v) is 39.1. The summed E-state index contributed by atoms with van der Waals surface area (Å²) in [5.74, 6) is -1.31. The first kappa shape index (κ1) is 63.0. The quantitative estimate of drug-likeness (QED) is 0.0364. The second kappa shape index (κ2) is 30.2. The zero-order chi connectivity index (χ0) is 53.3. The van der Waals surface area contributed by atoms with Crippen molar-refractivity contribution in [3.05, 3.63) is 142 Å². The number of nitro groups is 3. The van der Waals surface area contributed by atoms with Crippen LogP contribution in [0.1, 0.15) is 36.6 Å². The van der Waals surface area contributed by atoms with Crippen LogP contribution in [0.25, 0.3) is 0 Å². The lowest BCUT2D eigenvalue weighted by molar-refractivity contribution is -0.385. The van der Waals surface area contributed by atoms with Crippen molar-refractivity contribution in [3.63, 3.8) is 0 Å². The Kier molecular flexibility index (Phi) is 27.2. The average Bonchev–Trinajstić information content (AvgIpc) is 3.29. The van der Waals surface area contributed by atoms with E-state index in [-0.39, 0.29) is 61.9 Å². The van der Waals surface area contributed by atoms with Crippen LogP contribution in [0.2, 0.25) is 0 Å². The van der Waals surface area contributed by atoms with E-state index in [9.17, 15) is 44.7 Å². The monoisotopic (exact) mass is 1070 g/mol. The van der Waals surface area contributed by atoms with Crippen LogP contribution in [0.15, 0.2) is 89.4 Å². The lowest BCUT2D eigenvalue weighted by atomic mass is 10.2. The Labute approximate surface area is 403 Å².